The fraction of sp³-hybridized carbons (Fsp3) is 0.525. The van der Waals surface area contributed by atoms with Gasteiger partial charge in [0.05, 0.1) is 45.4 Å². The zero-order chi connectivity index (χ0) is 79.8. The van der Waals surface area contributed by atoms with E-state index in [9.17, 15) is 106 Å². The molecule has 5 fully saturated rings. The zero-order valence-corrected chi connectivity index (χ0v) is 55.0. The van der Waals surface area contributed by atoms with Crippen molar-refractivity contribution in [2.24, 2.45) is 0 Å². The molecule has 0 amide bonds. The Morgan fingerprint density at radius 2 is 0.804 bits per heavy atom. The van der Waals surface area contributed by atoms with Gasteiger partial charge in [-0.15, -0.1) is 0 Å². The van der Waals surface area contributed by atoms with E-state index in [1.807, 2.05) is 35.5 Å². The van der Waals surface area contributed by atoms with Gasteiger partial charge in [-0.25, -0.2) is 55.3 Å². The smallest absolute Gasteiger partial charge is 0.368 e. The maximum absolute atomic E-state index is 13.5. The first-order valence-corrected chi connectivity index (χ1v) is 30.3. The SMILES string of the molecule is Cc1cc(N)nc(=O)n1[C@@H]1O[C@H](CO)[C@H](O)C1(O)C#CCF.Nc1ccn([C@@H]2O[C@H](CO)[C@H](O)C2(O)C#CCF)c(=O)n1.Nc1cnn([C@@H]2O[C@H](CO)[C@H](O)C2(O)C#CCF)c(=O)n1.Nc1nc(=O)n([C@@H]2O[C@H](CO)[C@H](O)C2(O)C#CCF)cc1F.Nc1ncn([C@@H]2O[C@H](CO)[C@H](O)C2(O)C#CCF)c(=O)n1. The van der Waals surface area contributed by atoms with Crippen molar-refractivity contribution in [2.45, 2.75) is 127 Å². The minimum Gasteiger partial charge on any atom is -0.394 e. The summed E-state index contributed by atoms with van der Waals surface area (Å²) in [6.45, 7) is -7.10. The van der Waals surface area contributed by atoms with Crippen LogP contribution in [0.4, 0.5) is 55.6 Å². The number of nitrogen functional groups attached to an aromatic ring is 5. The van der Waals surface area contributed by atoms with E-state index in [1.54, 1.807) is 0 Å². The highest BCUT2D eigenvalue weighted by atomic mass is 19.1. The van der Waals surface area contributed by atoms with Crippen LogP contribution in [0.3, 0.4) is 0 Å². The van der Waals surface area contributed by atoms with Crippen LogP contribution in [0.1, 0.15) is 36.8 Å². The topological polar surface area (TPSA) is 680 Å². The summed E-state index contributed by atoms with van der Waals surface area (Å²) in [5, 5.41) is 152. The van der Waals surface area contributed by atoms with E-state index in [-0.39, 0.29) is 23.4 Å². The molecule has 25 N–H and O–H groups in total. The number of hydrogen-bond acceptors (Lipinski definition) is 37. The molecule has 5 aliphatic heterocycles. The molecule has 0 spiro atoms. The first kappa shape index (κ1) is 85.8. The van der Waals surface area contributed by atoms with Gasteiger partial charge < -0.3 is 129 Å². The molecule has 10 rings (SSSR count). The molecular weight excluding hydrogens is 1460 g/mol. The summed E-state index contributed by atoms with van der Waals surface area (Å²) in [5.74, 6) is 18.2. The summed E-state index contributed by atoms with van der Waals surface area (Å²) in [6, 6.07) is 2.65. The first-order valence-electron chi connectivity index (χ1n) is 30.3. The molecule has 107 heavy (non-hydrogen) atoms. The molecule has 10 heterocycles. The van der Waals surface area contributed by atoms with Crippen LogP contribution in [-0.2, 0) is 23.7 Å². The van der Waals surface area contributed by atoms with Crippen LogP contribution in [0.5, 0.6) is 0 Å². The standard InChI is InChI=1S/C13H16FN3O5.C12H13F2N3O5.C12H14FN3O5.2C11H13FN4O5/c1-7-5-9(15)16-12(20)17(7)11-13(21,3-2-4-14)10(19)8(6-18)22-11;13-3-1-2-12(21)8(19)7(5-18)22-10(12)17-4-6(14)9(15)16-11(17)20;13-4-1-3-12(20)9(18)7(6-17)21-10(12)16-5-2-8(14)15-11(16)19;12-3-1-2-11(20)8(18)6(5-17)21-9(11)16-10(19)15-7(13)4-14-16;12-3-1-2-11(20)7(18)6(4-17)21-8(11)16-5-14-9(13)15-10(16)19/h5,8,10-11,18-19,21H,4,6H2,1H3,(H2,15,16,20);4,7-8,10,18-19,21H,3,5H2,(H2,15,16,20);2,5,7,9-10,17-18,20H,4,6H2,(H2,14,15,19);4,6,8-9,17-18,20H,3,5H2,(H2,13,15,19);5-8,17-18,20H,3-4H2,(H2,13,15,19)/t8-,10+,11-,13?;7-,8+,10-,12?;7-,9+,10-,12?;6-,8+,9-,11?;6-,7+,8-,11?/m11111/s1. The quantitative estimate of drug-likeness (QED) is 0.0456. The van der Waals surface area contributed by atoms with Crippen molar-refractivity contribution >= 4 is 29.2 Å². The normalized spacial score (nSPS) is 31.4. The number of nitrogens with two attached hydrogens (primary N) is 5. The highest BCUT2D eigenvalue weighted by Crippen LogP contribution is 2.42. The average Bonchev–Trinajstić information content (AvgIpc) is 1.65. The summed E-state index contributed by atoms with van der Waals surface area (Å²) in [6.07, 6.45) is -18.4. The molecular formula is C59H69F6N17O25. The number of aryl methyl sites for hydroxylation is 1. The van der Waals surface area contributed by atoms with Crippen molar-refractivity contribution in [1.29, 1.82) is 0 Å². The molecule has 0 aliphatic carbocycles. The van der Waals surface area contributed by atoms with E-state index in [1.165, 1.54) is 25.3 Å². The Labute approximate surface area is 594 Å². The molecule has 5 aromatic rings. The molecule has 48 heteroatoms. The lowest BCUT2D eigenvalue weighted by Gasteiger charge is -2.27. The minimum atomic E-state index is -2.44. The van der Waals surface area contributed by atoms with Crippen LogP contribution in [0.15, 0.2) is 61.0 Å². The number of nitrogens with zero attached hydrogens (tertiary/aromatic N) is 12. The Hall–Kier alpha value is -10.2. The average molecular weight is 1530 g/mol. The number of aliphatic hydroxyl groups excluding tert-OH is 10. The molecule has 0 aromatic carbocycles. The van der Waals surface area contributed by atoms with Gasteiger partial charge in [0, 0.05) is 11.9 Å². The van der Waals surface area contributed by atoms with Gasteiger partial charge in [0.25, 0.3) is 0 Å². The van der Waals surface area contributed by atoms with Gasteiger partial charge >= 0.3 is 28.4 Å². The largest absolute Gasteiger partial charge is 0.394 e. The second kappa shape index (κ2) is 36.4. The molecule has 5 saturated heterocycles. The predicted molar refractivity (Wildman–Crippen MR) is 343 cm³/mol. The number of ether oxygens (including phenoxy) is 5. The van der Waals surface area contributed by atoms with Crippen molar-refractivity contribution < 1.29 is 127 Å². The Kier molecular flexibility index (Phi) is 29.2. The molecule has 0 bridgehead atoms. The summed E-state index contributed by atoms with van der Waals surface area (Å²) >= 11 is 0. The number of alkyl halides is 5. The van der Waals surface area contributed by atoms with Crippen LogP contribution in [0.2, 0.25) is 0 Å². The van der Waals surface area contributed by atoms with Crippen LogP contribution < -0.4 is 57.1 Å². The summed E-state index contributed by atoms with van der Waals surface area (Å²) in [7, 11) is 0. The number of halogens is 6. The lowest BCUT2D eigenvalue weighted by molar-refractivity contribution is -0.0837. The van der Waals surface area contributed by atoms with Crippen LogP contribution >= 0.6 is 0 Å². The monoisotopic (exact) mass is 1530 g/mol. The van der Waals surface area contributed by atoms with Gasteiger partial charge in [0.15, 0.2) is 65.2 Å². The van der Waals surface area contributed by atoms with Crippen molar-refractivity contribution in [3.05, 3.63) is 101 Å². The third-order valence-corrected chi connectivity index (χ3v) is 15.7. The van der Waals surface area contributed by atoms with E-state index < -0.39 is 227 Å². The second-order valence-electron chi connectivity index (χ2n) is 22.6. The molecule has 42 nitrogen and oxygen atoms in total. The van der Waals surface area contributed by atoms with Crippen molar-refractivity contribution in [2.75, 3.05) is 95.1 Å². The Morgan fingerprint density at radius 1 is 0.458 bits per heavy atom. The van der Waals surface area contributed by atoms with Crippen molar-refractivity contribution in [3.63, 3.8) is 0 Å². The number of aromatic nitrogens is 12. The van der Waals surface area contributed by atoms with Gasteiger partial charge in [-0.2, -0.15) is 34.7 Å². The van der Waals surface area contributed by atoms with Crippen LogP contribution in [-0.4, -0.2) is 290 Å². The third kappa shape index (κ3) is 18.1. The Bertz CT molecular complexity index is 4350. The van der Waals surface area contributed by atoms with Crippen molar-refractivity contribution in [3.8, 4) is 59.2 Å². The molecule has 20 atom stereocenters. The maximum Gasteiger partial charge on any atom is 0.368 e. The summed E-state index contributed by atoms with van der Waals surface area (Å²) < 4.78 is 105. The van der Waals surface area contributed by atoms with E-state index in [0.717, 1.165) is 26.2 Å². The van der Waals surface area contributed by atoms with Gasteiger partial charge in [-0.3, -0.25) is 18.3 Å². The van der Waals surface area contributed by atoms with E-state index in [4.69, 9.17) is 72.8 Å². The van der Waals surface area contributed by atoms with Gasteiger partial charge in [-0.05, 0) is 19.1 Å². The third-order valence-electron chi connectivity index (χ3n) is 15.7. The molecule has 0 saturated carbocycles. The summed E-state index contributed by atoms with van der Waals surface area (Å²) in [4.78, 5) is 79.7. The lowest BCUT2D eigenvalue weighted by atomic mass is 9.94. The Balaban J connectivity index is 0.000000209. The molecule has 0 radical (unpaired) electrons. The number of aliphatic hydroxyl groups is 15. The molecule has 5 unspecified atom stereocenters. The summed E-state index contributed by atoms with van der Waals surface area (Å²) in [5.41, 5.74) is 10.6. The molecule has 582 valence electrons. The van der Waals surface area contributed by atoms with Crippen molar-refractivity contribution in [1.82, 2.24) is 58.0 Å². The zero-order valence-electron chi connectivity index (χ0n) is 55.0. The minimum absolute atomic E-state index is 0.0191. The van der Waals surface area contributed by atoms with Gasteiger partial charge in [0.1, 0.15) is 118 Å². The van der Waals surface area contributed by atoms with Gasteiger partial charge in [-0.1, -0.05) is 59.2 Å². The number of rotatable bonds is 10. The lowest BCUT2D eigenvalue weighted by Crippen LogP contribution is -2.48. The highest BCUT2D eigenvalue weighted by molar-refractivity contribution is 5.33. The second-order valence-corrected chi connectivity index (χ2v) is 22.6. The Morgan fingerprint density at radius 3 is 1.19 bits per heavy atom. The fourth-order valence-corrected chi connectivity index (χ4v) is 10.7. The maximum atomic E-state index is 13.5. The van der Waals surface area contributed by atoms with E-state index in [0.29, 0.717) is 21.1 Å². The fourth-order valence-electron chi connectivity index (χ4n) is 10.7. The van der Waals surface area contributed by atoms with Crippen LogP contribution in [0, 0.1) is 71.9 Å². The first-order chi connectivity index (χ1) is 50.5. The predicted octanol–water partition coefficient (Wildman–Crippen LogP) is -11.9. The van der Waals surface area contributed by atoms with E-state index in [2.05, 4.69) is 58.7 Å². The number of hydrogen-bond donors (Lipinski definition) is 20. The molecule has 5 aromatic heterocycles. The highest BCUT2D eigenvalue weighted by Gasteiger charge is 2.60. The molecule has 5 aliphatic rings. The van der Waals surface area contributed by atoms with Crippen LogP contribution in [0.25, 0.3) is 0 Å². The number of anilines is 5. The van der Waals surface area contributed by atoms with E-state index >= 15 is 0 Å². The van der Waals surface area contributed by atoms with Gasteiger partial charge in [0.2, 0.25) is 11.5 Å².